The van der Waals surface area contributed by atoms with Crippen molar-refractivity contribution in [3.63, 3.8) is 0 Å². The van der Waals surface area contributed by atoms with Gasteiger partial charge in [-0.25, -0.2) is 0 Å². The van der Waals surface area contributed by atoms with E-state index < -0.39 is 0 Å². The van der Waals surface area contributed by atoms with Crippen molar-refractivity contribution in [1.29, 1.82) is 0 Å². The molecule has 0 saturated heterocycles. The fourth-order valence-electron chi connectivity index (χ4n) is 2.21. The van der Waals surface area contributed by atoms with E-state index in [9.17, 15) is 0 Å². The topological polar surface area (TPSA) is 61.8 Å². The zero-order chi connectivity index (χ0) is 14.3. The molecule has 0 bridgehead atoms. The molecule has 0 aliphatic carbocycles. The molecule has 0 aromatic heterocycles. The SMILES string of the molecule is CCCN(CC(C(N)=NO)c1ccccc1)C(C)C. The second kappa shape index (κ2) is 7.79. The third-order valence-electron chi connectivity index (χ3n) is 3.33. The van der Waals surface area contributed by atoms with Gasteiger partial charge in [-0.1, -0.05) is 42.4 Å². The molecule has 4 nitrogen and oxygen atoms in total. The first kappa shape index (κ1) is 15.5. The van der Waals surface area contributed by atoms with Gasteiger partial charge >= 0.3 is 0 Å². The second-order valence-corrected chi connectivity index (χ2v) is 5.08. The molecule has 0 spiro atoms. The van der Waals surface area contributed by atoms with Crippen molar-refractivity contribution in [3.8, 4) is 0 Å². The fraction of sp³-hybridized carbons (Fsp3) is 0.533. The standard InChI is InChI=1S/C15H25N3O/c1-4-10-18(12(2)3)11-14(15(16)17-19)13-8-6-5-7-9-13/h5-9,12,14,19H,4,10-11H2,1-3H3,(H2,16,17). The van der Waals surface area contributed by atoms with Gasteiger partial charge in [0.15, 0.2) is 0 Å². The highest BCUT2D eigenvalue weighted by Gasteiger charge is 2.21. The van der Waals surface area contributed by atoms with Crippen LogP contribution < -0.4 is 5.73 Å². The van der Waals surface area contributed by atoms with Crippen molar-refractivity contribution in [2.45, 2.75) is 39.2 Å². The molecule has 0 radical (unpaired) electrons. The quantitative estimate of drug-likeness (QED) is 0.344. The van der Waals surface area contributed by atoms with E-state index in [0.717, 1.165) is 25.1 Å². The van der Waals surface area contributed by atoms with Gasteiger partial charge in [-0.2, -0.15) is 0 Å². The third kappa shape index (κ3) is 4.56. The lowest BCUT2D eigenvalue weighted by Gasteiger charge is -2.30. The van der Waals surface area contributed by atoms with Gasteiger partial charge in [-0.05, 0) is 32.4 Å². The van der Waals surface area contributed by atoms with Crippen LogP contribution in [0.2, 0.25) is 0 Å². The van der Waals surface area contributed by atoms with Crippen molar-refractivity contribution >= 4 is 5.84 Å². The molecule has 19 heavy (non-hydrogen) atoms. The summed E-state index contributed by atoms with van der Waals surface area (Å²) in [6.45, 7) is 8.29. The Morgan fingerprint density at radius 2 is 1.95 bits per heavy atom. The van der Waals surface area contributed by atoms with E-state index in [4.69, 9.17) is 10.9 Å². The molecule has 1 unspecified atom stereocenters. The molecule has 0 saturated carbocycles. The van der Waals surface area contributed by atoms with Crippen molar-refractivity contribution in [3.05, 3.63) is 35.9 Å². The van der Waals surface area contributed by atoms with Crippen molar-refractivity contribution in [2.24, 2.45) is 10.9 Å². The first-order chi connectivity index (χ1) is 9.10. The molecule has 3 N–H and O–H groups in total. The average molecular weight is 263 g/mol. The number of oxime groups is 1. The summed E-state index contributed by atoms with van der Waals surface area (Å²) in [7, 11) is 0. The minimum Gasteiger partial charge on any atom is -0.409 e. The molecule has 0 fully saturated rings. The molecule has 0 aliphatic heterocycles. The van der Waals surface area contributed by atoms with Crippen LogP contribution in [0.4, 0.5) is 0 Å². The zero-order valence-electron chi connectivity index (χ0n) is 12.1. The van der Waals surface area contributed by atoms with Crippen molar-refractivity contribution in [2.75, 3.05) is 13.1 Å². The Hall–Kier alpha value is -1.55. The first-order valence-corrected chi connectivity index (χ1v) is 6.86. The molecule has 106 valence electrons. The second-order valence-electron chi connectivity index (χ2n) is 5.08. The summed E-state index contributed by atoms with van der Waals surface area (Å²) in [6, 6.07) is 10.4. The molecule has 1 aromatic carbocycles. The van der Waals surface area contributed by atoms with Gasteiger partial charge in [0, 0.05) is 12.6 Å². The number of nitrogens with zero attached hydrogens (tertiary/aromatic N) is 2. The lowest BCUT2D eigenvalue weighted by molar-refractivity contribution is 0.218. The largest absolute Gasteiger partial charge is 0.409 e. The smallest absolute Gasteiger partial charge is 0.147 e. The Bertz CT molecular complexity index is 390. The van der Waals surface area contributed by atoms with E-state index in [0.29, 0.717) is 6.04 Å². The first-order valence-electron chi connectivity index (χ1n) is 6.86. The van der Waals surface area contributed by atoms with Crippen LogP contribution in [0.1, 0.15) is 38.7 Å². The Labute approximate surface area is 115 Å². The summed E-state index contributed by atoms with van der Waals surface area (Å²) >= 11 is 0. The van der Waals surface area contributed by atoms with Gasteiger partial charge in [0.05, 0.1) is 5.92 Å². The maximum absolute atomic E-state index is 8.99. The van der Waals surface area contributed by atoms with Crippen LogP contribution in [-0.4, -0.2) is 35.1 Å². The molecule has 1 atom stereocenters. The highest BCUT2D eigenvalue weighted by molar-refractivity contribution is 5.87. The molecule has 1 aromatic rings. The van der Waals surface area contributed by atoms with Crippen LogP contribution in [0.25, 0.3) is 0 Å². The summed E-state index contributed by atoms with van der Waals surface area (Å²) in [6.07, 6.45) is 1.09. The lowest BCUT2D eigenvalue weighted by Crippen LogP contribution is -2.39. The maximum atomic E-state index is 8.99. The highest BCUT2D eigenvalue weighted by Crippen LogP contribution is 2.18. The van der Waals surface area contributed by atoms with E-state index >= 15 is 0 Å². The summed E-state index contributed by atoms with van der Waals surface area (Å²) in [5.74, 6) is 0.202. The summed E-state index contributed by atoms with van der Waals surface area (Å²) in [4.78, 5) is 2.36. The van der Waals surface area contributed by atoms with E-state index in [1.54, 1.807) is 0 Å². The molecular weight excluding hydrogens is 238 g/mol. The Morgan fingerprint density at radius 1 is 1.32 bits per heavy atom. The van der Waals surface area contributed by atoms with E-state index in [2.05, 4.69) is 30.8 Å². The number of amidine groups is 1. The van der Waals surface area contributed by atoms with Crippen LogP contribution in [0.3, 0.4) is 0 Å². The Balaban J connectivity index is 2.92. The van der Waals surface area contributed by atoms with Gasteiger partial charge in [0.25, 0.3) is 0 Å². The predicted octanol–water partition coefficient (Wildman–Crippen LogP) is 2.64. The van der Waals surface area contributed by atoms with Gasteiger partial charge in [-0.3, -0.25) is 4.90 Å². The fourth-order valence-corrected chi connectivity index (χ4v) is 2.21. The summed E-state index contributed by atoms with van der Waals surface area (Å²) in [5.41, 5.74) is 6.95. The van der Waals surface area contributed by atoms with E-state index in [1.165, 1.54) is 0 Å². The summed E-state index contributed by atoms with van der Waals surface area (Å²) < 4.78 is 0. The van der Waals surface area contributed by atoms with E-state index in [1.807, 2.05) is 30.3 Å². The van der Waals surface area contributed by atoms with Crippen LogP contribution in [-0.2, 0) is 0 Å². The van der Waals surface area contributed by atoms with Crippen LogP contribution in [0, 0.1) is 0 Å². The number of rotatable bonds is 7. The minimum absolute atomic E-state index is 0.0693. The predicted molar refractivity (Wildman–Crippen MR) is 79.6 cm³/mol. The van der Waals surface area contributed by atoms with Crippen LogP contribution in [0.5, 0.6) is 0 Å². The van der Waals surface area contributed by atoms with Crippen LogP contribution >= 0.6 is 0 Å². The maximum Gasteiger partial charge on any atom is 0.147 e. The average Bonchev–Trinajstić information content (AvgIpc) is 2.43. The van der Waals surface area contributed by atoms with Gasteiger partial charge in [0.2, 0.25) is 0 Å². The normalized spacial score (nSPS) is 14.1. The Morgan fingerprint density at radius 3 is 2.42 bits per heavy atom. The summed E-state index contributed by atoms with van der Waals surface area (Å²) in [5, 5.41) is 12.2. The molecule has 0 amide bonds. The number of hydrogen-bond acceptors (Lipinski definition) is 3. The van der Waals surface area contributed by atoms with E-state index in [-0.39, 0.29) is 11.8 Å². The minimum atomic E-state index is -0.0693. The monoisotopic (exact) mass is 263 g/mol. The highest BCUT2D eigenvalue weighted by atomic mass is 16.4. The number of nitrogens with two attached hydrogens (primary N) is 1. The van der Waals surface area contributed by atoms with Crippen LogP contribution in [0.15, 0.2) is 35.5 Å². The van der Waals surface area contributed by atoms with Gasteiger partial charge in [0.1, 0.15) is 5.84 Å². The molecular formula is C15H25N3O. The number of benzene rings is 1. The Kier molecular flexibility index (Phi) is 6.36. The third-order valence-corrected chi connectivity index (χ3v) is 3.33. The molecule has 0 aliphatic rings. The van der Waals surface area contributed by atoms with Gasteiger partial charge in [-0.15, -0.1) is 0 Å². The van der Waals surface area contributed by atoms with Gasteiger partial charge < -0.3 is 10.9 Å². The zero-order valence-corrected chi connectivity index (χ0v) is 12.1. The van der Waals surface area contributed by atoms with Crippen molar-refractivity contribution in [1.82, 2.24) is 4.90 Å². The molecule has 4 heteroatoms. The number of hydrogen-bond donors (Lipinski definition) is 2. The molecule has 0 heterocycles. The van der Waals surface area contributed by atoms with Crippen molar-refractivity contribution < 1.29 is 5.21 Å². The molecule has 1 rings (SSSR count). The lowest BCUT2D eigenvalue weighted by atomic mass is 9.97.